The number of hydrogen-bond donors (Lipinski definition) is 2. The molecule has 0 fully saturated rings. The summed E-state index contributed by atoms with van der Waals surface area (Å²) in [5.41, 5.74) is 2.59. The fourth-order valence-corrected chi connectivity index (χ4v) is 3.79. The van der Waals surface area contributed by atoms with Crippen LogP contribution in [-0.4, -0.2) is 21.6 Å². The Bertz CT molecular complexity index is 1140. The van der Waals surface area contributed by atoms with Crippen LogP contribution in [0.15, 0.2) is 42.5 Å². The van der Waals surface area contributed by atoms with Gasteiger partial charge in [0.1, 0.15) is 17.7 Å². The molecule has 0 radical (unpaired) electrons. The number of amides is 2. The first kappa shape index (κ1) is 20.4. The van der Waals surface area contributed by atoms with Gasteiger partial charge in [-0.1, -0.05) is 42.3 Å². The molecule has 2 heterocycles. The maximum absolute atomic E-state index is 13.3. The van der Waals surface area contributed by atoms with Crippen molar-refractivity contribution in [1.29, 1.82) is 0 Å². The zero-order valence-electron chi connectivity index (χ0n) is 15.9. The first-order valence-electron chi connectivity index (χ1n) is 9.30. The fourth-order valence-electron chi connectivity index (χ4n) is 3.45. The van der Waals surface area contributed by atoms with Gasteiger partial charge in [-0.25, -0.2) is 9.07 Å². The number of anilines is 2. The average Bonchev–Trinajstić information content (AvgIpc) is 3.21. The highest BCUT2D eigenvalue weighted by Crippen LogP contribution is 2.39. The Morgan fingerprint density at radius 1 is 1.23 bits per heavy atom. The van der Waals surface area contributed by atoms with E-state index in [1.165, 1.54) is 22.9 Å². The highest BCUT2D eigenvalue weighted by molar-refractivity contribution is 6.35. The van der Waals surface area contributed by atoms with Crippen LogP contribution in [0.4, 0.5) is 15.9 Å². The molecule has 1 atom stereocenters. The molecule has 9 heteroatoms. The van der Waals surface area contributed by atoms with E-state index in [4.69, 9.17) is 23.2 Å². The van der Waals surface area contributed by atoms with Gasteiger partial charge >= 0.3 is 0 Å². The summed E-state index contributed by atoms with van der Waals surface area (Å²) in [7, 11) is 0. The molecular weight excluding hydrogens is 430 g/mol. The third kappa shape index (κ3) is 3.78. The number of benzene rings is 2. The Kier molecular flexibility index (Phi) is 5.49. The van der Waals surface area contributed by atoms with E-state index in [1.807, 2.05) is 6.92 Å². The van der Waals surface area contributed by atoms with E-state index in [2.05, 4.69) is 15.7 Å². The van der Waals surface area contributed by atoms with Crippen LogP contribution >= 0.6 is 23.2 Å². The van der Waals surface area contributed by atoms with E-state index < -0.39 is 11.9 Å². The number of halogens is 3. The summed E-state index contributed by atoms with van der Waals surface area (Å²) in [5.74, 6) is -0.583. The van der Waals surface area contributed by atoms with Crippen molar-refractivity contribution in [2.24, 2.45) is 0 Å². The lowest BCUT2D eigenvalue weighted by atomic mass is 10.0. The molecule has 1 aliphatic heterocycles. The van der Waals surface area contributed by atoms with Crippen molar-refractivity contribution < 1.29 is 14.0 Å². The van der Waals surface area contributed by atoms with Crippen molar-refractivity contribution in [3.8, 4) is 11.1 Å². The number of rotatable bonds is 5. The number of carbonyl (C=O) groups is 2. The van der Waals surface area contributed by atoms with Gasteiger partial charge in [-0.05, 0) is 42.3 Å². The zero-order chi connectivity index (χ0) is 21.4. The van der Waals surface area contributed by atoms with Crippen molar-refractivity contribution in [3.63, 3.8) is 0 Å². The largest absolute Gasteiger partial charge is 0.325 e. The van der Waals surface area contributed by atoms with Crippen molar-refractivity contribution in [2.45, 2.75) is 25.8 Å². The lowest BCUT2D eigenvalue weighted by Gasteiger charge is -2.11. The second-order valence-electron chi connectivity index (χ2n) is 6.86. The molecule has 0 spiro atoms. The minimum atomic E-state index is -0.808. The van der Waals surface area contributed by atoms with Gasteiger partial charge in [-0.2, -0.15) is 5.10 Å². The van der Waals surface area contributed by atoms with E-state index in [0.717, 1.165) is 16.8 Å². The summed E-state index contributed by atoms with van der Waals surface area (Å²) in [4.78, 5) is 25.2. The highest BCUT2D eigenvalue weighted by Gasteiger charge is 2.36. The van der Waals surface area contributed by atoms with Gasteiger partial charge in [0.05, 0.1) is 22.8 Å². The second kappa shape index (κ2) is 8.08. The van der Waals surface area contributed by atoms with E-state index >= 15 is 0 Å². The topological polar surface area (TPSA) is 76.0 Å². The molecule has 1 aliphatic rings. The van der Waals surface area contributed by atoms with Gasteiger partial charge in [0.15, 0.2) is 0 Å². The molecule has 6 nitrogen and oxygen atoms in total. The minimum absolute atomic E-state index is 0.130. The third-order valence-electron chi connectivity index (χ3n) is 4.87. The maximum Gasteiger partial charge on any atom is 0.251 e. The lowest BCUT2D eigenvalue weighted by Crippen LogP contribution is -2.24. The normalized spacial score (nSPS) is 15.1. The molecule has 4 rings (SSSR count). The van der Waals surface area contributed by atoms with E-state index in [-0.39, 0.29) is 18.1 Å². The van der Waals surface area contributed by atoms with Crippen molar-refractivity contribution in [3.05, 3.63) is 64.0 Å². The molecular formula is C21H17Cl2FN4O2. The third-order valence-corrected chi connectivity index (χ3v) is 5.44. The number of carbonyl (C=O) groups excluding carboxylic acids is 2. The van der Waals surface area contributed by atoms with Crippen molar-refractivity contribution in [2.75, 3.05) is 10.6 Å². The first-order valence-corrected chi connectivity index (χ1v) is 10.1. The van der Waals surface area contributed by atoms with Gasteiger partial charge in [-0.15, -0.1) is 0 Å². The summed E-state index contributed by atoms with van der Waals surface area (Å²) >= 11 is 12.0. The molecule has 30 heavy (non-hydrogen) atoms. The smallest absolute Gasteiger partial charge is 0.251 e. The molecule has 1 aromatic heterocycles. The van der Waals surface area contributed by atoms with E-state index in [9.17, 15) is 14.0 Å². The number of nitrogens with one attached hydrogen (secondary N) is 2. The molecule has 154 valence electrons. The Morgan fingerprint density at radius 2 is 1.97 bits per heavy atom. The Hall–Kier alpha value is -2.90. The molecule has 2 amide bonds. The molecule has 1 unspecified atom stereocenters. The van der Waals surface area contributed by atoms with Crippen molar-refractivity contribution in [1.82, 2.24) is 9.78 Å². The number of nitrogens with zero attached hydrogens (tertiary/aromatic N) is 2. The van der Waals surface area contributed by atoms with Crippen LogP contribution in [0.2, 0.25) is 10.0 Å². The van der Waals surface area contributed by atoms with Crippen LogP contribution in [-0.2, 0) is 16.0 Å². The summed E-state index contributed by atoms with van der Waals surface area (Å²) < 4.78 is 14.9. The molecule has 0 aliphatic carbocycles. The second-order valence-corrected chi connectivity index (χ2v) is 7.70. The van der Waals surface area contributed by atoms with Crippen LogP contribution in [0.3, 0.4) is 0 Å². The fraction of sp³-hybridized carbons (Fsp3) is 0.190. The molecule has 0 saturated heterocycles. The van der Waals surface area contributed by atoms with Gasteiger partial charge in [0.25, 0.3) is 5.91 Å². The summed E-state index contributed by atoms with van der Waals surface area (Å²) in [5, 5.41) is 10.8. The molecule has 3 aromatic rings. The summed E-state index contributed by atoms with van der Waals surface area (Å²) in [6, 6.07) is 9.91. The van der Waals surface area contributed by atoms with Gasteiger partial charge in [0, 0.05) is 10.6 Å². The minimum Gasteiger partial charge on any atom is -0.325 e. The van der Waals surface area contributed by atoms with Gasteiger partial charge in [-0.3, -0.25) is 9.59 Å². The van der Waals surface area contributed by atoms with Crippen LogP contribution in [0.25, 0.3) is 11.1 Å². The average molecular weight is 447 g/mol. The first-order chi connectivity index (χ1) is 14.4. The van der Waals surface area contributed by atoms with Crippen LogP contribution in [0.5, 0.6) is 0 Å². The van der Waals surface area contributed by atoms with Crippen LogP contribution in [0.1, 0.15) is 25.1 Å². The number of aromatic nitrogens is 2. The Labute approximate surface area is 182 Å². The van der Waals surface area contributed by atoms with Crippen LogP contribution in [0, 0.1) is 5.82 Å². The zero-order valence-corrected chi connectivity index (χ0v) is 17.4. The Morgan fingerprint density at radius 3 is 2.67 bits per heavy atom. The number of aryl methyl sites for hydroxylation is 1. The molecule has 0 saturated carbocycles. The van der Waals surface area contributed by atoms with Crippen LogP contribution < -0.4 is 10.6 Å². The van der Waals surface area contributed by atoms with E-state index in [1.54, 1.807) is 24.3 Å². The number of hydrogen-bond acceptors (Lipinski definition) is 3. The molecule has 2 N–H and O–H groups in total. The summed E-state index contributed by atoms with van der Waals surface area (Å²) in [6.45, 7) is 1.94. The Balaban J connectivity index is 1.62. The van der Waals surface area contributed by atoms with Gasteiger partial charge in [0.2, 0.25) is 5.91 Å². The maximum atomic E-state index is 13.3. The lowest BCUT2D eigenvalue weighted by molar-refractivity contribution is -0.123. The monoisotopic (exact) mass is 446 g/mol. The van der Waals surface area contributed by atoms with Crippen molar-refractivity contribution >= 4 is 46.5 Å². The standard InChI is InChI=1S/C21H17Cl2FN4O2/c1-2-15-19(11-3-6-13(24)7-4-11)20-26-21(30)17(28(20)27-15)10-18(29)25-16-9-12(22)5-8-14(16)23/h3-9,17H,2,10H2,1H3,(H,25,29)(H,26,30). The predicted molar refractivity (Wildman–Crippen MR) is 114 cm³/mol. The predicted octanol–water partition coefficient (Wildman–Crippen LogP) is 5.08. The van der Waals surface area contributed by atoms with E-state index in [0.29, 0.717) is 28.0 Å². The SMILES string of the molecule is CCc1nn2c(c1-c1ccc(F)cc1)NC(=O)C2CC(=O)Nc1cc(Cl)ccc1Cl. The highest BCUT2D eigenvalue weighted by atomic mass is 35.5. The quantitative estimate of drug-likeness (QED) is 0.573. The molecule has 0 bridgehead atoms. The molecule has 2 aromatic carbocycles. The summed E-state index contributed by atoms with van der Waals surface area (Å²) in [6.07, 6.45) is 0.481. The number of fused-ring (bicyclic) bond motifs is 1. The van der Waals surface area contributed by atoms with Gasteiger partial charge < -0.3 is 10.6 Å².